The number of rotatable bonds is 2. The Kier molecular flexibility index (Phi) is 6.31. The zero-order chi connectivity index (χ0) is 16.5. The van der Waals surface area contributed by atoms with E-state index in [-0.39, 0.29) is 5.56 Å². The molecule has 0 aromatic heterocycles. The summed E-state index contributed by atoms with van der Waals surface area (Å²) in [5.41, 5.74) is 6.32. The molecule has 0 radical (unpaired) electrons. The van der Waals surface area contributed by atoms with E-state index in [1.54, 1.807) is 48.5 Å². The standard InChI is InChI=1S/C9H9NO3.C7H6O2/c1-6(11)13-9(12)7-4-2-3-5-8(7)10;8-7(9)6-4-2-1-3-5-6/h2-5H,10H2,1H3;1-5H,(H,8,9). The third-order valence-corrected chi connectivity index (χ3v) is 2.44. The highest BCUT2D eigenvalue weighted by Gasteiger charge is 2.11. The molecule has 0 spiro atoms. The number of hydrogen-bond acceptors (Lipinski definition) is 5. The second-order valence-electron chi connectivity index (χ2n) is 4.14. The predicted octanol–water partition coefficient (Wildman–Crippen LogP) is 2.36. The molecule has 0 amide bonds. The van der Waals surface area contributed by atoms with Crippen LogP contribution in [-0.4, -0.2) is 23.0 Å². The minimum Gasteiger partial charge on any atom is -0.478 e. The van der Waals surface area contributed by atoms with Gasteiger partial charge in [-0.15, -0.1) is 0 Å². The van der Waals surface area contributed by atoms with Crippen molar-refractivity contribution >= 4 is 23.6 Å². The zero-order valence-electron chi connectivity index (χ0n) is 11.9. The van der Waals surface area contributed by atoms with E-state index in [1.807, 2.05) is 0 Å². The first-order valence-electron chi connectivity index (χ1n) is 6.27. The molecule has 0 unspecified atom stereocenters. The number of anilines is 1. The Hall–Kier alpha value is -3.15. The van der Waals surface area contributed by atoms with E-state index in [0.29, 0.717) is 11.3 Å². The second kappa shape index (κ2) is 8.21. The van der Waals surface area contributed by atoms with Gasteiger partial charge in [0.2, 0.25) is 0 Å². The zero-order valence-corrected chi connectivity index (χ0v) is 11.9. The van der Waals surface area contributed by atoms with Gasteiger partial charge in [-0.25, -0.2) is 9.59 Å². The fourth-order valence-electron chi connectivity index (χ4n) is 1.45. The minimum absolute atomic E-state index is 0.206. The van der Waals surface area contributed by atoms with Crippen LogP contribution in [0, 0.1) is 0 Å². The largest absolute Gasteiger partial charge is 0.478 e. The van der Waals surface area contributed by atoms with Gasteiger partial charge in [-0.1, -0.05) is 30.3 Å². The third kappa shape index (κ3) is 5.46. The van der Waals surface area contributed by atoms with Crippen LogP contribution in [0.3, 0.4) is 0 Å². The molecule has 0 aliphatic rings. The first-order chi connectivity index (χ1) is 10.4. The van der Waals surface area contributed by atoms with Crippen molar-refractivity contribution in [2.24, 2.45) is 0 Å². The average molecular weight is 301 g/mol. The molecule has 114 valence electrons. The topological polar surface area (TPSA) is 107 Å². The van der Waals surface area contributed by atoms with Crippen molar-refractivity contribution in [2.75, 3.05) is 5.73 Å². The molecule has 0 saturated carbocycles. The average Bonchev–Trinajstić information content (AvgIpc) is 2.48. The number of esters is 2. The van der Waals surface area contributed by atoms with Gasteiger partial charge >= 0.3 is 17.9 Å². The van der Waals surface area contributed by atoms with Gasteiger partial charge < -0.3 is 15.6 Å². The number of aromatic carboxylic acids is 1. The number of hydrogen-bond donors (Lipinski definition) is 2. The third-order valence-electron chi connectivity index (χ3n) is 2.44. The van der Waals surface area contributed by atoms with Crippen molar-refractivity contribution in [1.29, 1.82) is 0 Å². The maximum absolute atomic E-state index is 11.2. The number of nitrogen functional groups attached to an aromatic ring is 1. The van der Waals surface area contributed by atoms with Crippen LogP contribution in [0.2, 0.25) is 0 Å². The minimum atomic E-state index is -0.879. The van der Waals surface area contributed by atoms with Crippen molar-refractivity contribution in [3.05, 3.63) is 65.7 Å². The van der Waals surface area contributed by atoms with E-state index in [4.69, 9.17) is 10.8 Å². The molecule has 22 heavy (non-hydrogen) atoms. The molecule has 0 heterocycles. The van der Waals surface area contributed by atoms with Crippen molar-refractivity contribution in [1.82, 2.24) is 0 Å². The molecule has 3 N–H and O–H groups in total. The van der Waals surface area contributed by atoms with Gasteiger partial charge in [0.05, 0.1) is 11.1 Å². The summed E-state index contributed by atoms with van der Waals surface area (Å²) in [6, 6.07) is 14.7. The van der Waals surface area contributed by atoms with Gasteiger partial charge in [0, 0.05) is 12.6 Å². The van der Waals surface area contributed by atoms with Crippen LogP contribution in [0.5, 0.6) is 0 Å². The molecule has 2 rings (SSSR count). The van der Waals surface area contributed by atoms with Gasteiger partial charge in [-0.05, 0) is 24.3 Å². The van der Waals surface area contributed by atoms with Crippen molar-refractivity contribution in [2.45, 2.75) is 6.92 Å². The molecule has 2 aromatic carbocycles. The van der Waals surface area contributed by atoms with E-state index in [2.05, 4.69) is 4.74 Å². The van der Waals surface area contributed by atoms with Crippen LogP contribution in [0.4, 0.5) is 5.69 Å². The van der Waals surface area contributed by atoms with Crippen molar-refractivity contribution < 1.29 is 24.2 Å². The molecule has 0 aliphatic carbocycles. The highest BCUT2D eigenvalue weighted by atomic mass is 16.6. The molecule has 6 nitrogen and oxygen atoms in total. The van der Waals surface area contributed by atoms with Crippen molar-refractivity contribution in [3.8, 4) is 0 Å². The van der Waals surface area contributed by atoms with Crippen LogP contribution in [0.15, 0.2) is 54.6 Å². The molecule has 0 atom stereocenters. The maximum atomic E-state index is 11.2. The Balaban J connectivity index is 0.000000235. The summed E-state index contributed by atoms with van der Waals surface area (Å²) < 4.78 is 4.36. The van der Waals surface area contributed by atoms with E-state index in [9.17, 15) is 14.4 Å². The summed E-state index contributed by atoms with van der Waals surface area (Å²) in [5.74, 6) is -2.24. The predicted molar refractivity (Wildman–Crippen MR) is 80.4 cm³/mol. The lowest BCUT2D eigenvalue weighted by atomic mass is 10.2. The number of carbonyl (C=O) groups excluding carboxylic acids is 2. The number of nitrogens with two attached hydrogens (primary N) is 1. The Bertz CT molecular complexity index is 667. The maximum Gasteiger partial charge on any atom is 0.347 e. The van der Waals surface area contributed by atoms with E-state index < -0.39 is 17.9 Å². The number of benzene rings is 2. The fourth-order valence-corrected chi connectivity index (χ4v) is 1.45. The van der Waals surface area contributed by atoms with E-state index >= 15 is 0 Å². The van der Waals surface area contributed by atoms with Gasteiger partial charge in [-0.2, -0.15) is 0 Å². The number of carboxylic acids is 1. The van der Waals surface area contributed by atoms with Gasteiger partial charge in [-0.3, -0.25) is 4.79 Å². The molecule has 0 saturated heterocycles. The molecular weight excluding hydrogens is 286 g/mol. The molecular formula is C16H15NO5. The summed E-state index contributed by atoms with van der Waals surface area (Å²) in [6.45, 7) is 1.16. The van der Waals surface area contributed by atoms with Gasteiger partial charge in [0.25, 0.3) is 0 Å². The lowest BCUT2D eigenvalue weighted by molar-refractivity contribution is -0.135. The quantitative estimate of drug-likeness (QED) is 0.501. The van der Waals surface area contributed by atoms with Crippen LogP contribution < -0.4 is 5.73 Å². The van der Waals surface area contributed by atoms with Crippen LogP contribution in [0.1, 0.15) is 27.6 Å². The van der Waals surface area contributed by atoms with Crippen LogP contribution in [0.25, 0.3) is 0 Å². The lowest BCUT2D eigenvalue weighted by Crippen LogP contribution is -2.11. The first-order valence-corrected chi connectivity index (χ1v) is 6.27. The summed E-state index contributed by atoms with van der Waals surface area (Å²) in [7, 11) is 0. The SMILES string of the molecule is CC(=O)OC(=O)c1ccccc1N.O=C(O)c1ccccc1. The Morgan fingerprint density at radius 2 is 1.50 bits per heavy atom. The summed E-state index contributed by atoms with van der Waals surface area (Å²) >= 11 is 0. The lowest BCUT2D eigenvalue weighted by Gasteiger charge is -2.02. The molecule has 0 aliphatic heterocycles. The number of carboxylic acid groups (broad SMARTS) is 1. The Morgan fingerprint density at radius 3 is 1.95 bits per heavy atom. The van der Waals surface area contributed by atoms with Crippen LogP contribution in [-0.2, 0) is 9.53 Å². The van der Waals surface area contributed by atoms with Crippen molar-refractivity contribution in [3.63, 3.8) is 0 Å². The second-order valence-corrected chi connectivity index (χ2v) is 4.14. The summed E-state index contributed by atoms with van der Waals surface area (Å²) in [6.07, 6.45) is 0. The Labute approximate surface area is 127 Å². The first kappa shape index (κ1) is 16.9. The summed E-state index contributed by atoms with van der Waals surface area (Å²) in [5, 5.41) is 8.38. The Morgan fingerprint density at radius 1 is 0.955 bits per heavy atom. The number of carbonyl (C=O) groups is 3. The van der Waals surface area contributed by atoms with Gasteiger partial charge in [0.15, 0.2) is 0 Å². The molecule has 2 aromatic rings. The van der Waals surface area contributed by atoms with E-state index in [1.165, 1.54) is 6.07 Å². The highest BCUT2D eigenvalue weighted by Crippen LogP contribution is 2.11. The van der Waals surface area contributed by atoms with E-state index in [0.717, 1.165) is 6.92 Å². The van der Waals surface area contributed by atoms with Crippen LogP contribution >= 0.6 is 0 Å². The monoisotopic (exact) mass is 301 g/mol. The molecule has 0 fully saturated rings. The van der Waals surface area contributed by atoms with Gasteiger partial charge in [0.1, 0.15) is 0 Å². The number of ether oxygens (including phenoxy) is 1. The smallest absolute Gasteiger partial charge is 0.347 e. The normalized spacial score (nSPS) is 9.14. The molecule has 6 heteroatoms. The fraction of sp³-hybridized carbons (Fsp3) is 0.0625. The highest BCUT2D eigenvalue weighted by molar-refractivity contribution is 6.00. The number of para-hydroxylation sites is 1. The molecule has 0 bridgehead atoms. The summed E-state index contributed by atoms with van der Waals surface area (Å²) in [4.78, 5) is 31.8.